The number of nitro benzene ring substituents is 1. The molecule has 0 aliphatic rings. The topological polar surface area (TPSA) is 60.2 Å². The summed E-state index contributed by atoms with van der Waals surface area (Å²) in [6.45, 7) is 1.06. The summed E-state index contributed by atoms with van der Waals surface area (Å²) in [6.07, 6.45) is -3.10. The fraction of sp³-hybridized carbons (Fsp3) is 0.222. The Labute approximate surface area is 94.0 Å². The zero-order valence-electron chi connectivity index (χ0n) is 8.04. The molecule has 0 spiro atoms. The average Bonchev–Trinajstić information content (AvgIpc) is 2.15. The fourth-order valence-corrected chi connectivity index (χ4v) is 1.51. The number of nitrogens with zero attached hydrogens (tertiary/aromatic N) is 1. The van der Waals surface area contributed by atoms with E-state index in [0.29, 0.717) is 0 Å². The third kappa shape index (κ3) is 2.16. The summed E-state index contributed by atoms with van der Waals surface area (Å²) in [5.41, 5.74) is -2.21. The van der Waals surface area contributed by atoms with Crippen molar-refractivity contribution in [3.05, 3.63) is 38.4 Å². The van der Waals surface area contributed by atoms with Crippen LogP contribution in [0.3, 0.4) is 0 Å². The predicted octanol–water partition coefficient (Wildman–Crippen LogP) is 3.39. The smallest absolute Gasteiger partial charge is 0.290 e. The number of Topliss-reactive ketones (excluding diaryl/α,β-unsaturated/α-hetero) is 1. The Morgan fingerprint density at radius 3 is 2.44 bits per heavy atom. The van der Waals surface area contributed by atoms with Crippen LogP contribution in [0, 0.1) is 10.1 Å². The van der Waals surface area contributed by atoms with Crippen LogP contribution in [-0.2, 0) is 0 Å². The third-order valence-corrected chi connectivity index (χ3v) is 2.27. The maximum absolute atomic E-state index is 12.6. The van der Waals surface area contributed by atoms with E-state index in [1.165, 1.54) is 0 Å². The molecular weight excluding hydrogens is 244 g/mol. The predicted molar refractivity (Wildman–Crippen MR) is 53.1 cm³/mol. The normalized spacial score (nSPS) is 10.6. The van der Waals surface area contributed by atoms with Gasteiger partial charge in [0.1, 0.15) is 5.56 Å². The standard InChI is InChI=1S/C9H6ClF2NO3/c1-4(14)5-2-3-6(10)7(9(11)12)8(5)13(15)16/h2-3,9H,1H3. The van der Waals surface area contributed by atoms with Crippen molar-refractivity contribution in [3.8, 4) is 0 Å². The van der Waals surface area contributed by atoms with Gasteiger partial charge in [0.05, 0.1) is 15.5 Å². The number of hydrogen-bond donors (Lipinski definition) is 0. The van der Waals surface area contributed by atoms with E-state index in [2.05, 4.69) is 0 Å². The van der Waals surface area contributed by atoms with E-state index >= 15 is 0 Å². The van der Waals surface area contributed by atoms with Crippen molar-refractivity contribution in [2.45, 2.75) is 13.3 Å². The summed E-state index contributed by atoms with van der Waals surface area (Å²) in [4.78, 5) is 20.7. The molecule has 16 heavy (non-hydrogen) atoms. The number of hydrogen-bond acceptors (Lipinski definition) is 3. The molecule has 0 heterocycles. The van der Waals surface area contributed by atoms with Crippen molar-refractivity contribution < 1.29 is 18.5 Å². The molecule has 0 atom stereocenters. The Bertz CT molecular complexity index is 462. The Morgan fingerprint density at radius 2 is 2.06 bits per heavy atom. The minimum atomic E-state index is -3.10. The van der Waals surface area contributed by atoms with Gasteiger partial charge in [0.25, 0.3) is 12.1 Å². The first-order chi connectivity index (χ1) is 7.36. The highest BCUT2D eigenvalue weighted by Crippen LogP contribution is 2.37. The molecule has 0 saturated heterocycles. The van der Waals surface area contributed by atoms with E-state index in [0.717, 1.165) is 19.1 Å². The molecule has 0 aromatic heterocycles. The lowest BCUT2D eigenvalue weighted by molar-refractivity contribution is -0.386. The molecule has 1 aromatic rings. The van der Waals surface area contributed by atoms with Crippen LogP contribution in [0.5, 0.6) is 0 Å². The number of alkyl halides is 2. The number of benzene rings is 1. The van der Waals surface area contributed by atoms with Crippen molar-refractivity contribution in [2.75, 3.05) is 0 Å². The quantitative estimate of drug-likeness (QED) is 0.469. The number of nitro groups is 1. The SMILES string of the molecule is CC(=O)c1ccc(Cl)c(C(F)F)c1[N+](=O)[O-]. The number of carbonyl (C=O) groups is 1. The molecule has 0 bridgehead atoms. The van der Waals surface area contributed by atoms with Gasteiger partial charge in [-0.1, -0.05) is 11.6 Å². The zero-order valence-corrected chi connectivity index (χ0v) is 8.79. The molecule has 0 aliphatic heterocycles. The molecule has 0 radical (unpaired) electrons. The van der Waals surface area contributed by atoms with Crippen molar-refractivity contribution in [3.63, 3.8) is 0 Å². The lowest BCUT2D eigenvalue weighted by Crippen LogP contribution is -2.05. The Hall–Kier alpha value is -1.56. The Morgan fingerprint density at radius 1 is 1.50 bits per heavy atom. The summed E-state index contributed by atoms with van der Waals surface area (Å²) in [7, 11) is 0. The van der Waals surface area contributed by atoms with Crippen LogP contribution < -0.4 is 0 Å². The van der Waals surface area contributed by atoms with Crippen LogP contribution in [0.4, 0.5) is 14.5 Å². The number of rotatable bonds is 3. The summed E-state index contributed by atoms with van der Waals surface area (Å²) in [5, 5.41) is 10.2. The van der Waals surface area contributed by atoms with Gasteiger partial charge in [-0.25, -0.2) is 8.78 Å². The molecule has 0 amide bonds. The third-order valence-electron chi connectivity index (χ3n) is 1.94. The van der Waals surface area contributed by atoms with E-state index in [1.54, 1.807) is 0 Å². The largest absolute Gasteiger partial charge is 0.294 e. The summed E-state index contributed by atoms with van der Waals surface area (Å²) in [5.74, 6) is -0.662. The minimum Gasteiger partial charge on any atom is -0.294 e. The highest BCUT2D eigenvalue weighted by molar-refractivity contribution is 6.32. The number of carbonyl (C=O) groups excluding carboxylic acids is 1. The first kappa shape index (κ1) is 12.5. The van der Waals surface area contributed by atoms with E-state index in [9.17, 15) is 23.7 Å². The monoisotopic (exact) mass is 249 g/mol. The van der Waals surface area contributed by atoms with Crippen LogP contribution >= 0.6 is 11.6 Å². The van der Waals surface area contributed by atoms with Crippen LogP contribution in [0.2, 0.25) is 5.02 Å². The van der Waals surface area contributed by atoms with E-state index in [4.69, 9.17) is 11.6 Å². The lowest BCUT2D eigenvalue weighted by Gasteiger charge is -2.07. The molecule has 0 N–H and O–H groups in total. The first-order valence-electron chi connectivity index (χ1n) is 4.12. The molecule has 1 aromatic carbocycles. The summed E-state index contributed by atoms with van der Waals surface area (Å²) in [6, 6.07) is 2.11. The minimum absolute atomic E-state index is 0.371. The van der Waals surface area contributed by atoms with Crippen LogP contribution in [-0.4, -0.2) is 10.7 Å². The van der Waals surface area contributed by atoms with E-state index in [-0.39, 0.29) is 5.56 Å². The summed E-state index contributed by atoms with van der Waals surface area (Å²) >= 11 is 5.45. The first-order valence-corrected chi connectivity index (χ1v) is 4.50. The second-order valence-corrected chi connectivity index (χ2v) is 3.38. The van der Waals surface area contributed by atoms with Gasteiger partial charge in [-0.05, 0) is 19.1 Å². The highest BCUT2D eigenvalue weighted by Gasteiger charge is 2.30. The van der Waals surface area contributed by atoms with Gasteiger partial charge in [-0.2, -0.15) is 0 Å². The second kappa shape index (κ2) is 4.52. The van der Waals surface area contributed by atoms with Crippen molar-refractivity contribution in [1.82, 2.24) is 0 Å². The molecule has 86 valence electrons. The molecule has 0 aliphatic carbocycles. The fourth-order valence-electron chi connectivity index (χ4n) is 1.27. The Kier molecular flexibility index (Phi) is 3.54. The van der Waals surface area contributed by atoms with E-state index < -0.39 is 33.4 Å². The average molecular weight is 250 g/mol. The van der Waals surface area contributed by atoms with Crippen LogP contribution in [0.25, 0.3) is 0 Å². The Balaban J connectivity index is 3.63. The maximum Gasteiger partial charge on any atom is 0.290 e. The molecule has 7 heteroatoms. The van der Waals surface area contributed by atoms with Crippen LogP contribution in [0.1, 0.15) is 29.3 Å². The molecule has 4 nitrogen and oxygen atoms in total. The van der Waals surface area contributed by atoms with Gasteiger partial charge in [0, 0.05) is 0 Å². The van der Waals surface area contributed by atoms with Crippen molar-refractivity contribution >= 4 is 23.1 Å². The van der Waals surface area contributed by atoms with Gasteiger partial charge >= 0.3 is 0 Å². The highest BCUT2D eigenvalue weighted by atomic mass is 35.5. The van der Waals surface area contributed by atoms with Crippen molar-refractivity contribution in [1.29, 1.82) is 0 Å². The molecule has 0 fully saturated rings. The molecule has 1 rings (SSSR count). The molecule has 0 unspecified atom stereocenters. The van der Waals surface area contributed by atoms with Gasteiger partial charge in [0.15, 0.2) is 5.78 Å². The number of halogens is 3. The van der Waals surface area contributed by atoms with Crippen molar-refractivity contribution in [2.24, 2.45) is 0 Å². The molecular formula is C9H6ClF2NO3. The summed E-state index contributed by atoms with van der Waals surface area (Å²) < 4.78 is 25.2. The van der Waals surface area contributed by atoms with E-state index in [1.807, 2.05) is 0 Å². The maximum atomic E-state index is 12.6. The van der Waals surface area contributed by atoms with Gasteiger partial charge < -0.3 is 0 Å². The van der Waals surface area contributed by atoms with Gasteiger partial charge in [-0.3, -0.25) is 14.9 Å². The lowest BCUT2D eigenvalue weighted by atomic mass is 10.0. The van der Waals surface area contributed by atoms with Crippen LogP contribution in [0.15, 0.2) is 12.1 Å². The molecule has 0 saturated carbocycles. The zero-order chi connectivity index (χ0) is 12.5. The second-order valence-electron chi connectivity index (χ2n) is 2.97. The van der Waals surface area contributed by atoms with Gasteiger partial charge in [-0.15, -0.1) is 0 Å². The number of ketones is 1. The van der Waals surface area contributed by atoms with Gasteiger partial charge in [0.2, 0.25) is 0 Å².